The summed E-state index contributed by atoms with van der Waals surface area (Å²) in [4.78, 5) is 40.0. The van der Waals surface area contributed by atoms with E-state index < -0.39 is 51.9 Å². The summed E-state index contributed by atoms with van der Waals surface area (Å²) < 4.78 is 66.7. The molecule has 45 heavy (non-hydrogen) atoms. The van der Waals surface area contributed by atoms with Crippen molar-refractivity contribution in [1.29, 1.82) is 0 Å². The first-order chi connectivity index (χ1) is 21.3. The summed E-state index contributed by atoms with van der Waals surface area (Å²) in [7, 11) is 1.94. The Morgan fingerprint density at radius 1 is 1.04 bits per heavy atom. The van der Waals surface area contributed by atoms with Gasteiger partial charge in [0.05, 0.1) is 29.5 Å². The maximum Gasteiger partial charge on any atom is 0.264 e. The van der Waals surface area contributed by atoms with Crippen molar-refractivity contribution in [1.82, 2.24) is 19.4 Å². The standard InChI is InChI=1S/C31H37F4N7O3/c1-16(2)24-15-40(6-7-45-24)31-37-10-19(11-38-31)26-22(32)9-23(41-12-17(3)39(5)18(4)13-41)28(27(26)33)42-14-21(30(36)44)20(29(34)35)8-25(42)43/h8-11,14,16-18,24,29H,6-7,12-13,15H2,1-5H3,(H2,36,44)/t17-,18+,24-/m0/s1. The van der Waals surface area contributed by atoms with Gasteiger partial charge < -0.3 is 20.3 Å². The Labute approximate surface area is 258 Å². The second-order valence-corrected chi connectivity index (χ2v) is 12.1. The van der Waals surface area contributed by atoms with Gasteiger partial charge in [0.25, 0.3) is 17.9 Å². The molecule has 10 nitrogen and oxygen atoms in total. The van der Waals surface area contributed by atoms with Crippen molar-refractivity contribution in [2.45, 2.75) is 52.3 Å². The number of likely N-dealkylation sites (N-methyl/N-ethyl adjacent to an activating group) is 1. The van der Waals surface area contributed by atoms with Gasteiger partial charge >= 0.3 is 0 Å². The number of hydrogen-bond donors (Lipinski definition) is 1. The van der Waals surface area contributed by atoms with Gasteiger partial charge in [0.2, 0.25) is 5.95 Å². The molecule has 242 valence electrons. The van der Waals surface area contributed by atoms with Crippen LogP contribution in [0, 0.1) is 17.6 Å². The van der Waals surface area contributed by atoms with Crippen LogP contribution in [0.25, 0.3) is 16.8 Å². The molecule has 0 spiro atoms. The zero-order valence-corrected chi connectivity index (χ0v) is 25.8. The lowest BCUT2D eigenvalue weighted by Crippen LogP contribution is -2.55. The molecule has 2 aliphatic rings. The number of amides is 1. The number of benzene rings is 1. The largest absolute Gasteiger partial charge is 0.374 e. The molecule has 14 heteroatoms. The van der Waals surface area contributed by atoms with E-state index in [1.807, 2.05) is 39.6 Å². The molecule has 3 atom stereocenters. The topological polar surface area (TPSA) is 110 Å². The molecule has 0 saturated carbocycles. The highest BCUT2D eigenvalue weighted by Crippen LogP contribution is 2.38. The third-order valence-electron chi connectivity index (χ3n) is 8.75. The second kappa shape index (κ2) is 12.8. The molecule has 1 amide bonds. The molecule has 0 radical (unpaired) electrons. The van der Waals surface area contributed by atoms with Crippen LogP contribution in [0.1, 0.15) is 50.0 Å². The minimum atomic E-state index is -3.18. The van der Waals surface area contributed by atoms with E-state index in [0.29, 0.717) is 44.8 Å². The van der Waals surface area contributed by atoms with E-state index in [2.05, 4.69) is 14.9 Å². The maximum atomic E-state index is 16.8. The summed E-state index contributed by atoms with van der Waals surface area (Å²) in [5.74, 6) is -2.66. The molecule has 2 aliphatic heterocycles. The SMILES string of the molecule is CC(C)[C@@H]1CN(c2ncc(-c3c(F)cc(N4C[C@@H](C)N(C)[C@@H](C)C4)c(-n4cc(C(N)=O)c(C(F)F)cc4=O)c3F)cn2)CCO1. The number of anilines is 2. The number of ether oxygens (including phenoxy) is 1. The number of hydrogen-bond acceptors (Lipinski definition) is 8. The quantitative estimate of drug-likeness (QED) is 0.390. The molecule has 0 bridgehead atoms. The highest BCUT2D eigenvalue weighted by Gasteiger charge is 2.33. The van der Waals surface area contributed by atoms with Crippen LogP contribution in [0.3, 0.4) is 0 Å². The monoisotopic (exact) mass is 631 g/mol. The normalized spacial score (nSPS) is 21.2. The molecular weight excluding hydrogens is 594 g/mol. The summed E-state index contributed by atoms with van der Waals surface area (Å²) in [6, 6.07) is 1.61. The van der Waals surface area contributed by atoms with E-state index in [4.69, 9.17) is 10.5 Å². The summed E-state index contributed by atoms with van der Waals surface area (Å²) in [5.41, 5.74) is 1.92. The van der Waals surface area contributed by atoms with Crippen molar-refractivity contribution in [2.75, 3.05) is 49.6 Å². The van der Waals surface area contributed by atoms with Gasteiger partial charge in [-0.3, -0.25) is 19.1 Å². The molecule has 2 N–H and O–H groups in total. The van der Waals surface area contributed by atoms with Crippen LogP contribution >= 0.6 is 0 Å². The Morgan fingerprint density at radius 2 is 1.69 bits per heavy atom. The van der Waals surface area contributed by atoms with Gasteiger partial charge in [-0.05, 0) is 26.8 Å². The Hall–Kier alpha value is -4.04. The van der Waals surface area contributed by atoms with Crippen molar-refractivity contribution in [3.63, 3.8) is 0 Å². The number of rotatable bonds is 7. The van der Waals surface area contributed by atoms with Crippen molar-refractivity contribution in [3.05, 3.63) is 63.8 Å². The molecule has 5 rings (SSSR count). The average molecular weight is 632 g/mol. The number of nitrogens with two attached hydrogens (primary N) is 1. The lowest BCUT2D eigenvalue weighted by Gasteiger charge is -2.44. The number of nitrogens with zero attached hydrogens (tertiary/aromatic N) is 6. The summed E-state index contributed by atoms with van der Waals surface area (Å²) in [5, 5.41) is 0. The smallest absolute Gasteiger partial charge is 0.264 e. The van der Waals surface area contributed by atoms with Gasteiger partial charge in [-0.2, -0.15) is 0 Å². The minimum Gasteiger partial charge on any atom is -0.374 e. The van der Waals surface area contributed by atoms with E-state index >= 15 is 8.78 Å². The van der Waals surface area contributed by atoms with Gasteiger partial charge in [0, 0.05) is 80.1 Å². The van der Waals surface area contributed by atoms with E-state index in [0.717, 1.165) is 16.8 Å². The molecular formula is C31H37F4N7O3. The van der Waals surface area contributed by atoms with E-state index in [9.17, 15) is 18.4 Å². The fourth-order valence-electron chi connectivity index (χ4n) is 5.91. The third-order valence-corrected chi connectivity index (χ3v) is 8.75. The first-order valence-electron chi connectivity index (χ1n) is 14.8. The summed E-state index contributed by atoms with van der Waals surface area (Å²) >= 11 is 0. The maximum absolute atomic E-state index is 16.8. The number of alkyl halides is 2. The average Bonchev–Trinajstić information content (AvgIpc) is 2.99. The summed E-state index contributed by atoms with van der Waals surface area (Å²) in [6.07, 6.45) is 0.184. The van der Waals surface area contributed by atoms with Crippen molar-refractivity contribution in [3.8, 4) is 16.8 Å². The third kappa shape index (κ3) is 6.25. The van der Waals surface area contributed by atoms with E-state index in [1.54, 1.807) is 4.90 Å². The Balaban J connectivity index is 1.66. The predicted octanol–water partition coefficient (Wildman–Crippen LogP) is 4.00. The Bertz CT molecular complexity index is 1620. The number of morpholine rings is 1. The predicted molar refractivity (Wildman–Crippen MR) is 162 cm³/mol. The fraction of sp³-hybridized carbons (Fsp3) is 0.484. The second-order valence-electron chi connectivity index (χ2n) is 12.1. The van der Waals surface area contributed by atoms with Crippen LogP contribution in [0.5, 0.6) is 0 Å². The lowest BCUT2D eigenvalue weighted by molar-refractivity contribution is 0.0109. The number of primary amides is 1. The zero-order chi connectivity index (χ0) is 32.7. The lowest BCUT2D eigenvalue weighted by atomic mass is 10.0. The van der Waals surface area contributed by atoms with Gasteiger partial charge in [-0.25, -0.2) is 27.5 Å². The van der Waals surface area contributed by atoms with Crippen LogP contribution in [0.15, 0.2) is 35.5 Å². The highest BCUT2D eigenvalue weighted by molar-refractivity contribution is 5.94. The van der Waals surface area contributed by atoms with Crippen molar-refractivity contribution >= 4 is 17.5 Å². The molecule has 4 heterocycles. The van der Waals surface area contributed by atoms with E-state index in [1.165, 1.54) is 12.4 Å². The highest BCUT2D eigenvalue weighted by atomic mass is 19.3. The number of halogens is 4. The minimum absolute atomic E-state index is 0.00251. The zero-order valence-electron chi connectivity index (χ0n) is 25.8. The molecule has 3 aromatic rings. The van der Waals surface area contributed by atoms with Crippen LogP contribution < -0.4 is 21.1 Å². The van der Waals surface area contributed by atoms with Crippen LogP contribution in [-0.2, 0) is 4.74 Å². The Kier molecular flexibility index (Phi) is 9.17. The fourth-order valence-corrected chi connectivity index (χ4v) is 5.91. The number of pyridine rings is 1. The number of carbonyl (C=O) groups is 1. The van der Waals surface area contributed by atoms with Crippen molar-refractivity contribution in [2.24, 2.45) is 11.7 Å². The van der Waals surface area contributed by atoms with Crippen LogP contribution in [-0.4, -0.2) is 83.4 Å². The molecule has 2 aromatic heterocycles. The van der Waals surface area contributed by atoms with Gasteiger partial charge in [0.15, 0.2) is 5.82 Å². The number of aromatic nitrogens is 3. The number of piperazine rings is 1. The van der Waals surface area contributed by atoms with Crippen LogP contribution in [0.4, 0.5) is 29.2 Å². The van der Waals surface area contributed by atoms with Crippen molar-refractivity contribution < 1.29 is 27.1 Å². The molecule has 0 aliphatic carbocycles. The van der Waals surface area contributed by atoms with Gasteiger partial charge in [-0.1, -0.05) is 13.8 Å². The van der Waals surface area contributed by atoms with Gasteiger partial charge in [0.1, 0.15) is 11.5 Å². The molecule has 1 aromatic carbocycles. The Morgan fingerprint density at radius 3 is 2.27 bits per heavy atom. The molecule has 2 saturated heterocycles. The summed E-state index contributed by atoms with van der Waals surface area (Å²) in [6.45, 7) is 10.3. The number of carbonyl (C=O) groups excluding carboxylic acids is 1. The first kappa shape index (κ1) is 32.4. The van der Waals surface area contributed by atoms with Gasteiger partial charge in [-0.15, -0.1) is 0 Å². The molecule has 2 fully saturated rings. The molecule has 0 unspecified atom stereocenters. The van der Waals surface area contributed by atoms with E-state index in [-0.39, 0.29) is 35.4 Å². The van der Waals surface area contributed by atoms with Crippen LogP contribution in [0.2, 0.25) is 0 Å². The first-order valence-corrected chi connectivity index (χ1v) is 14.8.